The number of ketones is 2. The molecule has 1 aliphatic rings. The van der Waals surface area contributed by atoms with Gasteiger partial charge >= 0.3 is 0 Å². The van der Waals surface area contributed by atoms with Crippen LogP contribution in [0.15, 0.2) is 11.6 Å². The van der Waals surface area contributed by atoms with Gasteiger partial charge in [0.15, 0.2) is 5.78 Å². The van der Waals surface area contributed by atoms with Crippen molar-refractivity contribution in [2.45, 2.75) is 39.5 Å². The average Bonchev–Trinajstić information content (AvgIpc) is 2.06. The number of allylic oxidation sites excluding steroid dienone is 2. The Morgan fingerprint density at radius 2 is 2.31 bits per heavy atom. The molecule has 0 fully saturated rings. The minimum atomic E-state index is 0.200. The molecular weight excluding hydrogens is 164 g/mol. The summed E-state index contributed by atoms with van der Waals surface area (Å²) in [7, 11) is 0. The zero-order valence-corrected chi connectivity index (χ0v) is 8.30. The second kappa shape index (κ2) is 4.35. The highest BCUT2D eigenvalue weighted by Crippen LogP contribution is 2.25. The molecule has 1 unspecified atom stereocenters. The molecule has 0 saturated heterocycles. The standard InChI is InChI=1S/C11H16O2/c1-8-3-6-11(13)7-10(8)5-4-9(2)12/h7-8H,3-6H2,1-2H3. The number of carbonyl (C=O) groups excluding carboxylic acids is 2. The minimum Gasteiger partial charge on any atom is -0.300 e. The van der Waals surface area contributed by atoms with E-state index in [0.29, 0.717) is 18.8 Å². The fourth-order valence-corrected chi connectivity index (χ4v) is 1.60. The van der Waals surface area contributed by atoms with Crippen LogP contribution in [0.2, 0.25) is 0 Å². The number of carbonyl (C=O) groups is 2. The average molecular weight is 180 g/mol. The predicted octanol–water partition coefficient (Wildman–Crippen LogP) is 2.28. The van der Waals surface area contributed by atoms with Crippen molar-refractivity contribution in [2.24, 2.45) is 5.92 Å². The van der Waals surface area contributed by atoms with E-state index < -0.39 is 0 Å². The first kappa shape index (κ1) is 10.2. The maximum absolute atomic E-state index is 11.1. The van der Waals surface area contributed by atoms with Gasteiger partial charge in [0, 0.05) is 12.8 Å². The summed E-state index contributed by atoms with van der Waals surface area (Å²) in [6, 6.07) is 0. The van der Waals surface area contributed by atoms with Crippen molar-refractivity contribution in [1.82, 2.24) is 0 Å². The van der Waals surface area contributed by atoms with Crippen LogP contribution in [-0.4, -0.2) is 11.6 Å². The maximum atomic E-state index is 11.1. The first-order chi connectivity index (χ1) is 6.09. The Kier molecular flexibility index (Phi) is 3.40. The van der Waals surface area contributed by atoms with Gasteiger partial charge < -0.3 is 4.79 Å². The summed E-state index contributed by atoms with van der Waals surface area (Å²) in [5.41, 5.74) is 1.16. The molecule has 0 heterocycles. The molecule has 1 atom stereocenters. The van der Waals surface area contributed by atoms with Crippen LogP contribution in [0.5, 0.6) is 0 Å². The first-order valence-electron chi connectivity index (χ1n) is 4.82. The summed E-state index contributed by atoms with van der Waals surface area (Å²) < 4.78 is 0. The lowest BCUT2D eigenvalue weighted by Crippen LogP contribution is -2.12. The largest absolute Gasteiger partial charge is 0.300 e. The third-order valence-corrected chi connectivity index (χ3v) is 2.57. The maximum Gasteiger partial charge on any atom is 0.155 e. The summed E-state index contributed by atoms with van der Waals surface area (Å²) in [5.74, 6) is 0.903. The smallest absolute Gasteiger partial charge is 0.155 e. The van der Waals surface area contributed by atoms with E-state index >= 15 is 0 Å². The Morgan fingerprint density at radius 1 is 1.62 bits per heavy atom. The molecule has 0 amide bonds. The molecule has 0 aliphatic heterocycles. The van der Waals surface area contributed by atoms with E-state index in [9.17, 15) is 9.59 Å². The van der Waals surface area contributed by atoms with E-state index in [4.69, 9.17) is 0 Å². The van der Waals surface area contributed by atoms with Gasteiger partial charge in [0.1, 0.15) is 5.78 Å². The van der Waals surface area contributed by atoms with Crippen LogP contribution in [-0.2, 0) is 9.59 Å². The molecule has 1 rings (SSSR count). The third kappa shape index (κ3) is 3.13. The van der Waals surface area contributed by atoms with Gasteiger partial charge in [-0.1, -0.05) is 12.5 Å². The van der Waals surface area contributed by atoms with Crippen LogP contribution in [0, 0.1) is 5.92 Å². The SMILES string of the molecule is CC(=O)CCC1=CC(=O)CCC1C. The molecule has 0 aromatic carbocycles. The van der Waals surface area contributed by atoms with E-state index in [-0.39, 0.29) is 11.6 Å². The Labute approximate surface area is 79.0 Å². The molecule has 0 aromatic rings. The lowest BCUT2D eigenvalue weighted by atomic mass is 9.86. The second-order valence-electron chi connectivity index (χ2n) is 3.83. The molecule has 2 heteroatoms. The van der Waals surface area contributed by atoms with Crippen molar-refractivity contribution in [3.63, 3.8) is 0 Å². The quantitative estimate of drug-likeness (QED) is 0.667. The van der Waals surface area contributed by atoms with E-state index in [1.807, 2.05) is 0 Å². The first-order valence-corrected chi connectivity index (χ1v) is 4.82. The van der Waals surface area contributed by atoms with Crippen LogP contribution in [0.4, 0.5) is 0 Å². The molecular formula is C11H16O2. The number of hydrogen-bond acceptors (Lipinski definition) is 2. The Hall–Kier alpha value is -0.920. The fraction of sp³-hybridized carbons (Fsp3) is 0.636. The molecule has 0 spiro atoms. The summed E-state index contributed by atoms with van der Waals surface area (Å²) in [5, 5.41) is 0. The highest BCUT2D eigenvalue weighted by atomic mass is 16.1. The Balaban J connectivity index is 2.55. The molecule has 0 radical (unpaired) electrons. The van der Waals surface area contributed by atoms with Crippen molar-refractivity contribution in [3.05, 3.63) is 11.6 Å². The molecule has 13 heavy (non-hydrogen) atoms. The number of rotatable bonds is 3. The molecule has 0 aromatic heterocycles. The van der Waals surface area contributed by atoms with Crippen molar-refractivity contribution in [1.29, 1.82) is 0 Å². The third-order valence-electron chi connectivity index (χ3n) is 2.57. The van der Waals surface area contributed by atoms with Gasteiger partial charge in [0.2, 0.25) is 0 Å². The molecule has 1 aliphatic carbocycles. The predicted molar refractivity (Wildman–Crippen MR) is 51.4 cm³/mol. The number of hydrogen-bond donors (Lipinski definition) is 0. The van der Waals surface area contributed by atoms with Crippen LogP contribution in [0.1, 0.15) is 39.5 Å². The Bertz CT molecular complexity index is 251. The van der Waals surface area contributed by atoms with Gasteiger partial charge in [0.05, 0.1) is 0 Å². The molecule has 0 saturated carbocycles. The summed E-state index contributed by atoms with van der Waals surface area (Å²) in [6.07, 6.45) is 4.69. The van der Waals surface area contributed by atoms with Crippen LogP contribution in [0.3, 0.4) is 0 Å². The van der Waals surface area contributed by atoms with Gasteiger partial charge in [-0.25, -0.2) is 0 Å². The highest BCUT2D eigenvalue weighted by Gasteiger charge is 2.17. The zero-order chi connectivity index (χ0) is 9.84. The van der Waals surface area contributed by atoms with Crippen LogP contribution >= 0.6 is 0 Å². The van der Waals surface area contributed by atoms with Crippen molar-refractivity contribution in [2.75, 3.05) is 0 Å². The van der Waals surface area contributed by atoms with Gasteiger partial charge in [0.25, 0.3) is 0 Å². The summed E-state index contributed by atoms with van der Waals surface area (Å²) >= 11 is 0. The van der Waals surface area contributed by atoms with Gasteiger partial charge in [-0.2, -0.15) is 0 Å². The molecule has 0 N–H and O–H groups in total. The topological polar surface area (TPSA) is 34.1 Å². The summed E-state index contributed by atoms with van der Waals surface area (Å²) in [4.78, 5) is 21.9. The normalized spacial score (nSPS) is 22.8. The van der Waals surface area contributed by atoms with Crippen molar-refractivity contribution >= 4 is 11.6 Å². The van der Waals surface area contributed by atoms with Crippen molar-refractivity contribution < 1.29 is 9.59 Å². The minimum absolute atomic E-state index is 0.200. The zero-order valence-electron chi connectivity index (χ0n) is 8.30. The summed E-state index contributed by atoms with van der Waals surface area (Å²) in [6.45, 7) is 3.72. The van der Waals surface area contributed by atoms with Crippen LogP contribution in [0.25, 0.3) is 0 Å². The monoisotopic (exact) mass is 180 g/mol. The molecule has 0 bridgehead atoms. The fourth-order valence-electron chi connectivity index (χ4n) is 1.60. The van der Waals surface area contributed by atoms with Crippen molar-refractivity contribution in [3.8, 4) is 0 Å². The van der Waals surface area contributed by atoms with Crippen LogP contribution < -0.4 is 0 Å². The van der Waals surface area contributed by atoms with Gasteiger partial charge in [-0.15, -0.1) is 0 Å². The van der Waals surface area contributed by atoms with E-state index in [0.717, 1.165) is 18.4 Å². The second-order valence-corrected chi connectivity index (χ2v) is 3.83. The van der Waals surface area contributed by atoms with E-state index in [1.54, 1.807) is 13.0 Å². The molecule has 72 valence electrons. The van der Waals surface area contributed by atoms with Gasteiger partial charge in [-0.05, 0) is 31.8 Å². The van der Waals surface area contributed by atoms with E-state index in [1.165, 1.54) is 0 Å². The lowest BCUT2D eigenvalue weighted by Gasteiger charge is -2.19. The van der Waals surface area contributed by atoms with Gasteiger partial charge in [-0.3, -0.25) is 4.79 Å². The molecule has 2 nitrogen and oxygen atoms in total. The number of Topliss-reactive ketones (excluding diaryl/α,β-unsaturated/α-hetero) is 1. The van der Waals surface area contributed by atoms with E-state index in [2.05, 4.69) is 6.92 Å². The highest BCUT2D eigenvalue weighted by molar-refractivity contribution is 5.91. The Morgan fingerprint density at radius 3 is 2.92 bits per heavy atom. The lowest BCUT2D eigenvalue weighted by molar-refractivity contribution is -0.117.